The van der Waals surface area contributed by atoms with Gasteiger partial charge in [-0.15, -0.1) is 0 Å². The lowest BCUT2D eigenvalue weighted by atomic mass is 10.1. The van der Waals surface area contributed by atoms with Gasteiger partial charge in [0.25, 0.3) is 0 Å². The Morgan fingerprint density at radius 3 is 2.83 bits per heavy atom. The second-order valence-corrected chi connectivity index (χ2v) is 3.26. The molecule has 0 aromatic carbocycles. The Bertz CT molecular complexity index is 285. The molecule has 1 amide bonds. The van der Waals surface area contributed by atoms with Crippen LogP contribution in [-0.2, 0) is 4.79 Å². The van der Waals surface area contributed by atoms with Gasteiger partial charge in [0.2, 0.25) is 5.91 Å². The molecule has 5 heteroatoms. The molecule has 1 heterocycles. The molecule has 4 N–H and O–H groups in total. The molecular weight excluding hydrogens is 224 g/mol. The Balaban J connectivity index is 2.71. The van der Waals surface area contributed by atoms with E-state index in [2.05, 4.69) is 15.9 Å². The Morgan fingerprint density at radius 1 is 1.75 bits per heavy atom. The molecular formula is C7H9BrN2O2. The van der Waals surface area contributed by atoms with Crippen LogP contribution in [-0.4, -0.2) is 5.91 Å². The summed E-state index contributed by atoms with van der Waals surface area (Å²) < 4.78 is 5.81. The minimum absolute atomic E-state index is 0.0894. The number of amides is 1. The highest BCUT2D eigenvalue weighted by Crippen LogP contribution is 2.24. The molecule has 4 nitrogen and oxygen atoms in total. The third kappa shape index (κ3) is 2.09. The van der Waals surface area contributed by atoms with Crippen molar-refractivity contribution in [2.24, 2.45) is 11.5 Å². The minimum Gasteiger partial charge on any atom is -0.466 e. The average molecular weight is 233 g/mol. The molecule has 1 aromatic heterocycles. The van der Waals surface area contributed by atoms with Gasteiger partial charge in [-0.05, 0) is 22.0 Å². The second-order valence-electron chi connectivity index (χ2n) is 2.41. The summed E-state index contributed by atoms with van der Waals surface area (Å²) in [6, 6.07) is 1.25. The third-order valence-electron chi connectivity index (χ3n) is 1.40. The van der Waals surface area contributed by atoms with Gasteiger partial charge in [0, 0.05) is 6.42 Å². The van der Waals surface area contributed by atoms with E-state index >= 15 is 0 Å². The van der Waals surface area contributed by atoms with Crippen molar-refractivity contribution < 1.29 is 9.21 Å². The van der Waals surface area contributed by atoms with Gasteiger partial charge in [0.05, 0.1) is 16.8 Å². The third-order valence-corrected chi connectivity index (χ3v) is 2.06. The topological polar surface area (TPSA) is 82.2 Å². The first kappa shape index (κ1) is 9.28. The standard InChI is InChI=1S/C7H9BrN2O2/c8-4-1-2-12-7(4)5(9)3-6(10)11/h1-2,5H,3,9H2,(H2,10,11). The molecule has 0 saturated heterocycles. The van der Waals surface area contributed by atoms with E-state index < -0.39 is 11.9 Å². The van der Waals surface area contributed by atoms with Crippen molar-refractivity contribution in [1.82, 2.24) is 0 Å². The number of carbonyl (C=O) groups is 1. The average Bonchev–Trinajstić information content (AvgIpc) is 2.33. The van der Waals surface area contributed by atoms with E-state index in [1.165, 1.54) is 6.26 Å². The van der Waals surface area contributed by atoms with Crippen LogP contribution in [0.5, 0.6) is 0 Å². The monoisotopic (exact) mass is 232 g/mol. The molecule has 1 atom stereocenters. The fourth-order valence-corrected chi connectivity index (χ4v) is 1.37. The van der Waals surface area contributed by atoms with Crippen LogP contribution < -0.4 is 11.5 Å². The molecule has 0 saturated carbocycles. The van der Waals surface area contributed by atoms with E-state index in [-0.39, 0.29) is 6.42 Å². The lowest BCUT2D eigenvalue weighted by molar-refractivity contribution is -0.118. The summed E-state index contributed by atoms with van der Waals surface area (Å²) in [5.41, 5.74) is 10.6. The van der Waals surface area contributed by atoms with Gasteiger partial charge < -0.3 is 15.9 Å². The van der Waals surface area contributed by atoms with E-state index in [1.807, 2.05) is 0 Å². The smallest absolute Gasteiger partial charge is 0.219 e. The van der Waals surface area contributed by atoms with Crippen molar-refractivity contribution in [1.29, 1.82) is 0 Å². The van der Waals surface area contributed by atoms with Crippen LogP contribution in [0.25, 0.3) is 0 Å². The van der Waals surface area contributed by atoms with Crippen molar-refractivity contribution in [3.05, 3.63) is 22.6 Å². The van der Waals surface area contributed by atoms with E-state index in [0.717, 1.165) is 4.47 Å². The zero-order valence-electron chi connectivity index (χ0n) is 6.29. The maximum absolute atomic E-state index is 10.5. The molecule has 0 fully saturated rings. The Hall–Kier alpha value is -0.810. The number of nitrogens with two attached hydrogens (primary N) is 2. The SMILES string of the molecule is NC(=O)CC(N)c1occc1Br. The zero-order valence-corrected chi connectivity index (χ0v) is 7.87. The van der Waals surface area contributed by atoms with Gasteiger partial charge in [-0.25, -0.2) is 0 Å². The number of carbonyl (C=O) groups excluding carboxylic acids is 1. The molecule has 0 spiro atoms. The van der Waals surface area contributed by atoms with Crippen molar-refractivity contribution in [3.8, 4) is 0 Å². The fourth-order valence-electron chi connectivity index (χ4n) is 0.879. The maximum atomic E-state index is 10.5. The van der Waals surface area contributed by atoms with Gasteiger partial charge >= 0.3 is 0 Å². The predicted octanol–water partition coefficient (Wildman–Crippen LogP) is 0.917. The van der Waals surface area contributed by atoms with Crippen LogP contribution in [0.15, 0.2) is 21.2 Å². The summed E-state index contributed by atoms with van der Waals surface area (Å²) >= 11 is 3.23. The van der Waals surface area contributed by atoms with Crippen LogP contribution in [0, 0.1) is 0 Å². The molecule has 0 aliphatic rings. The number of rotatable bonds is 3. The predicted molar refractivity (Wildman–Crippen MR) is 47.1 cm³/mol. The zero-order chi connectivity index (χ0) is 9.14. The van der Waals surface area contributed by atoms with Gasteiger partial charge in [-0.1, -0.05) is 0 Å². The number of hydrogen-bond acceptors (Lipinski definition) is 3. The molecule has 0 aliphatic carbocycles. The van der Waals surface area contributed by atoms with Crippen molar-refractivity contribution in [3.63, 3.8) is 0 Å². The molecule has 12 heavy (non-hydrogen) atoms. The number of hydrogen-bond donors (Lipinski definition) is 2. The molecule has 1 unspecified atom stereocenters. The quantitative estimate of drug-likeness (QED) is 0.814. The van der Waals surface area contributed by atoms with Gasteiger partial charge in [0.1, 0.15) is 5.76 Å². The molecule has 1 aromatic rings. The summed E-state index contributed by atoms with van der Waals surface area (Å²) in [5, 5.41) is 0. The highest BCUT2D eigenvalue weighted by Gasteiger charge is 2.15. The first-order valence-corrected chi connectivity index (χ1v) is 4.17. The van der Waals surface area contributed by atoms with Gasteiger partial charge in [0.15, 0.2) is 0 Å². The molecule has 0 radical (unpaired) electrons. The summed E-state index contributed by atoms with van der Waals surface area (Å²) in [5.74, 6) is 0.111. The van der Waals surface area contributed by atoms with E-state index in [0.29, 0.717) is 5.76 Å². The van der Waals surface area contributed by atoms with Gasteiger partial charge in [-0.3, -0.25) is 4.79 Å². The molecule has 66 valence electrons. The van der Waals surface area contributed by atoms with Crippen LogP contribution in [0.2, 0.25) is 0 Å². The summed E-state index contributed by atoms with van der Waals surface area (Å²) in [6.07, 6.45) is 1.59. The molecule has 0 bridgehead atoms. The Labute approximate surface area is 78.0 Å². The lowest BCUT2D eigenvalue weighted by Crippen LogP contribution is -2.20. The van der Waals surface area contributed by atoms with Gasteiger partial charge in [-0.2, -0.15) is 0 Å². The van der Waals surface area contributed by atoms with E-state index in [4.69, 9.17) is 15.9 Å². The number of furan rings is 1. The first-order valence-electron chi connectivity index (χ1n) is 3.38. The van der Waals surface area contributed by atoms with E-state index in [9.17, 15) is 4.79 Å². The minimum atomic E-state index is -0.466. The Morgan fingerprint density at radius 2 is 2.42 bits per heavy atom. The molecule has 0 aliphatic heterocycles. The number of primary amides is 1. The van der Waals surface area contributed by atoms with Crippen LogP contribution in [0.4, 0.5) is 0 Å². The van der Waals surface area contributed by atoms with Crippen molar-refractivity contribution >= 4 is 21.8 Å². The first-order chi connectivity index (χ1) is 5.61. The number of halogens is 1. The van der Waals surface area contributed by atoms with E-state index in [1.54, 1.807) is 6.07 Å². The summed E-state index contributed by atoms with van der Waals surface area (Å²) in [4.78, 5) is 10.5. The highest BCUT2D eigenvalue weighted by atomic mass is 79.9. The maximum Gasteiger partial charge on any atom is 0.219 e. The van der Waals surface area contributed by atoms with Crippen LogP contribution >= 0.6 is 15.9 Å². The van der Waals surface area contributed by atoms with Crippen molar-refractivity contribution in [2.45, 2.75) is 12.5 Å². The van der Waals surface area contributed by atoms with Crippen molar-refractivity contribution in [2.75, 3.05) is 0 Å². The largest absolute Gasteiger partial charge is 0.466 e. The Kier molecular flexibility index (Phi) is 2.88. The molecule has 1 rings (SSSR count). The fraction of sp³-hybridized carbons (Fsp3) is 0.286. The highest BCUT2D eigenvalue weighted by molar-refractivity contribution is 9.10. The summed E-state index contributed by atoms with van der Waals surface area (Å²) in [7, 11) is 0. The van der Waals surface area contributed by atoms with Crippen LogP contribution in [0.3, 0.4) is 0 Å². The lowest BCUT2D eigenvalue weighted by Gasteiger charge is -2.05. The van der Waals surface area contributed by atoms with Crippen LogP contribution in [0.1, 0.15) is 18.2 Å². The normalized spacial score (nSPS) is 12.8. The summed E-state index contributed by atoms with van der Waals surface area (Å²) in [6.45, 7) is 0. The second kappa shape index (κ2) is 3.73.